The molecule has 5 rings (SSSR count). The molecule has 0 bridgehead atoms. The summed E-state index contributed by atoms with van der Waals surface area (Å²) in [5.74, 6) is 1.76. The molecule has 3 aromatic rings. The number of nitrogens with zero attached hydrogens (tertiary/aromatic N) is 2. The zero-order chi connectivity index (χ0) is 21.5. The van der Waals surface area contributed by atoms with Crippen LogP contribution >= 0.6 is 11.6 Å². The molecule has 0 fully saturated rings. The molecule has 5 nitrogen and oxygen atoms in total. The van der Waals surface area contributed by atoms with Crippen molar-refractivity contribution in [3.63, 3.8) is 0 Å². The maximum absolute atomic E-state index is 13.5. The van der Waals surface area contributed by atoms with Crippen molar-refractivity contribution in [3.05, 3.63) is 88.2 Å². The van der Waals surface area contributed by atoms with Crippen LogP contribution in [0.2, 0.25) is 5.02 Å². The van der Waals surface area contributed by atoms with Crippen LogP contribution in [0.5, 0.6) is 17.2 Å². The largest absolute Gasteiger partial charge is 0.493 e. The average molecular weight is 439 g/mol. The number of benzene rings is 3. The minimum atomic E-state index is -0.475. The number of hydrazone groups is 1. The second kappa shape index (κ2) is 7.78. The Labute approximate surface area is 184 Å². The molecule has 0 spiro atoms. The van der Waals surface area contributed by atoms with E-state index in [-0.39, 0.29) is 11.9 Å². The zero-order valence-corrected chi connectivity index (χ0v) is 17.8. The zero-order valence-electron chi connectivity index (χ0n) is 17.0. The van der Waals surface area contributed by atoms with Crippen LogP contribution in [-0.2, 0) is 0 Å². The van der Waals surface area contributed by atoms with Gasteiger partial charge in [0.05, 0.1) is 26.0 Å². The summed E-state index contributed by atoms with van der Waals surface area (Å²) in [6, 6.07) is 17.6. The van der Waals surface area contributed by atoms with E-state index in [9.17, 15) is 4.39 Å². The Hall–Kier alpha value is -3.25. The molecule has 0 unspecified atom stereocenters. The Kier molecular flexibility index (Phi) is 4.94. The molecule has 31 heavy (non-hydrogen) atoms. The first-order valence-corrected chi connectivity index (χ1v) is 10.2. The third-order valence-corrected chi connectivity index (χ3v) is 5.86. The van der Waals surface area contributed by atoms with Gasteiger partial charge in [-0.1, -0.05) is 23.7 Å². The van der Waals surface area contributed by atoms with Gasteiger partial charge in [-0.2, -0.15) is 5.10 Å². The van der Waals surface area contributed by atoms with E-state index in [4.69, 9.17) is 30.9 Å². The van der Waals surface area contributed by atoms with E-state index in [1.807, 2.05) is 41.4 Å². The van der Waals surface area contributed by atoms with E-state index in [1.165, 1.54) is 12.1 Å². The molecule has 2 aliphatic rings. The number of fused-ring (bicyclic) bond motifs is 3. The number of ether oxygens (including phenoxy) is 3. The van der Waals surface area contributed by atoms with Gasteiger partial charge in [-0.25, -0.2) is 9.40 Å². The van der Waals surface area contributed by atoms with Gasteiger partial charge in [0.2, 0.25) is 6.23 Å². The predicted molar refractivity (Wildman–Crippen MR) is 117 cm³/mol. The van der Waals surface area contributed by atoms with Gasteiger partial charge in [0.1, 0.15) is 11.6 Å². The Morgan fingerprint density at radius 2 is 1.77 bits per heavy atom. The number of hydrogen-bond acceptors (Lipinski definition) is 5. The summed E-state index contributed by atoms with van der Waals surface area (Å²) in [6.45, 7) is 0. The van der Waals surface area contributed by atoms with Crippen molar-refractivity contribution in [1.29, 1.82) is 0 Å². The smallest absolute Gasteiger partial charge is 0.213 e. The van der Waals surface area contributed by atoms with E-state index in [0.29, 0.717) is 22.9 Å². The summed E-state index contributed by atoms with van der Waals surface area (Å²) in [5, 5.41) is 7.48. The van der Waals surface area contributed by atoms with Crippen molar-refractivity contribution in [2.75, 3.05) is 14.2 Å². The highest BCUT2D eigenvalue weighted by molar-refractivity contribution is 6.30. The van der Waals surface area contributed by atoms with Crippen molar-refractivity contribution in [3.8, 4) is 17.2 Å². The molecule has 0 aliphatic carbocycles. The fourth-order valence-corrected chi connectivity index (χ4v) is 4.28. The van der Waals surface area contributed by atoms with Crippen molar-refractivity contribution >= 4 is 17.3 Å². The monoisotopic (exact) mass is 438 g/mol. The van der Waals surface area contributed by atoms with E-state index in [2.05, 4.69) is 0 Å². The lowest BCUT2D eigenvalue weighted by Gasteiger charge is -2.38. The van der Waals surface area contributed by atoms with Gasteiger partial charge in [-0.05, 0) is 48.5 Å². The van der Waals surface area contributed by atoms with Gasteiger partial charge in [0.15, 0.2) is 11.5 Å². The van der Waals surface area contributed by atoms with Gasteiger partial charge in [-0.15, -0.1) is 0 Å². The molecule has 2 atom stereocenters. The second-order valence-corrected chi connectivity index (χ2v) is 7.86. The molecule has 0 N–H and O–H groups in total. The lowest BCUT2D eigenvalue weighted by Crippen LogP contribution is -2.33. The highest BCUT2D eigenvalue weighted by Crippen LogP contribution is 2.48. The van der Waals surface area contributed by atoms with Crippen LogP contribution < -0.4 is 14.2 Å². The molecule has 0 saturated heterocycles. The molecule has 3 aromatic carbocycles. The van der Waals surface area contributed by atoms with Gasteiger partial charge in [-0.3, -0.25) is 0 Å². The molecule has 0 aromatic heterocycles. The maximum atomic E-state index is 13.5. The highest BCUT2D eigenvalue weighted by Gasteiger charge is 2.41. The first-order chi connectivity index (χ1) is 15.1. The number of halogens is 2. The standard InChI is InChI=1S/C24H20ClFN2O3/c1-29-22-9-5-15(11-23(22)30-2)19-13-20-18-12-16(25)6-10-21(18)31-24(28(20)27-19)14-3-7-17(26)8-4-14/h3-12,20,24H,13H2,1-2H3/t20-,24+/m0/s1. The molecular formula is C24H20ClFN2O3. The Balaban J connectivity index is 1.58. The van der Waals surface area contributed by atoms with Crippen molar-refractivity contribution in [2.45, 2.75) is 18.7 Å². The summed E-state index contributed by atoms with van der Waals surface area (Å²) >= 11 is 6.28. The van der Waals surface area contributed by atoms with Gasteiger partial charge >= 0.3 is 0 Å². The Bertz CT molecular complexity index is 1170. The highest BCUT2D eigenvalue weighted by atomic mass is 35.5. The summed E-state index contributed by atoms with van der Waals surface area (Å²) in [4.78, 5) is 0. The van der Waals surface area contributed by atoms with E-state index in [1.54, 1.807) is 26.4 Å². The fraction of sp³-hybridized carbons (Fsp3) is 0.208. The van der Waals surface area contributed by atoms with E-state index >= 15 is 0 Å². The molecular weight excluding hydrogens is 419 g/mol. The van der Waals surface area contributed by atoms with Crippen LogP contribution in [0.25, 0.3) is 0 Å². The minimum Gasteiger partial charge on any atom is -0.493 e. The topological polar surface area (TPSA) is 43.3 Å². The van der Waals surface area contributed by atoms with Crippen LogP contribution in [0.4, 0.5) is 4.39 Å². The van der Waals surface area contributed by atoms with E-state index < -0.39 is 6.23 Å². The molecule has 2 aliphatic heterocycles. The van der Waals surface area contributed by atoms with Crippen LogP contribution in [0.1, 0.15) is 35.4 Å². The van der Waals surface area contributed by atoms with Crippen molar-refractivity contribution in [2.24, 2.45) is 5.10 Å². The third kappa shape index (κ3) is 3.47. The molecule has 0 radical (unpaired) electrons. The molecule has 158 valence electrons. The number of hydrogen-bond donors (Lipinski definition) is 0. The quantitative estimate of drug-likeness (QED) is 0.521. The molecule has 2 heterocycles. The fourth-order valence-electron chi connectivity index (χ4n) is 4.10. The molecule has 0 saturated carbocycles. The van der Waals surface area contributed by atoms with Crippen LogP contribution in [0, 0.1) is 5.82 Å². The maximum Gasteiger partial charge on any atom is 0.213 e. The number of rotatable bonds is 4. The van der Waals surface area contributed by atoms with Gasteiger partial charge in [0.25, 0.3) is 0 Å². The molecule has 7 heteroatoms. The van der Waals surface area contributed by atoms with Crippen LogP contribution in [0.3, 0.4) is 0 Å². The minimum absolute atomic E-state index is 0.0550. The lowest BCUT2D eigenvalue weighted by molar-refractivity contribution is -0.0190. The van der Waals surface area contributed by atoms with Crippen LogP contribution in [0.15, 0.2) is 65.8 Å². The predicted octanol–water partition coefficient (Wildman–Crippen LogP) is 5.74. The summed E-state index contributed by atoms with van der Waals surface area (Å²) in [7, 11) is 3.22. The summed E-state index contributed by atoms with van der Waals surface area (Å²) in [5.41, 5.74) is 3.64. The Morgan fingerprint density at radius 3 is 2.52 bits per heavy atom. The second-order valence-electron chi connectivity index (χ2n) is 7.42. The normalized spacial score (nSPS) is 19.2. The average Bonchev–Trinajstić information content (AvgIpc) is 3.24. The SMILES string of the molecule is COc1ccc(C2=NN3[C@@H](c4ccc(F)cc4)Oc4ccc(Cl)cc4[C@@H]3C2)cc1OC. The summed E-state index contributed by atoms with van der Waals surface area (Å²) < 4.78 is 30.6. The lowest BCUT2D eigenvalue weighted by atomic mass is 9.95. The first-order valence-electron chi connectivity index (χ1n) is 9.87. The van der Waals surface area contributed by atoms with Gasteiger partial charge < -0.3 is 14.2 Å². The third-order valence-electron chi connectivity index (χ3n) is 5.62. The van der Waals surface area contributed by atoms with E-state index in [0.717, 1.165) is 28.2 Å². The molecule has 0 amide bonds. The first kappa shape index (κ1) is 19.7. The van der Waals surface area contributed by atoms with Gasteiger partial charge in [0, 0.05) is 28.1 Å². The van der Waals surface area contributed by atoms with Crippen molar-refractivity contribution in [1.82, 2.24) is 5.01 Å². The van der Waals surface area contributed by atoms with Crippen LogP contribution in [-0.4, -0.2) is 24.9 Å². The Morgan fingerprint density at radius 1 is 1.00 bits per heavy atom. The van der Waals surface area contributed by atoms with Crippen molar-refractivity contribution < 1.29 is 18.6 Å². The summed E-state index contributed by atoms with van der Waals surface area (Å²) in [6.07, 6.45) is 0.195. The number of methoxy groups -OCH3 is 2.